The fourth-order valence-corrected chi connectivity index (χ4v) is 2.63. The van der Waals surface area contributed by atoms with Crippen molar-refractivity contribution < 1.29 is 14.3 Å². The SMILES string of the molecule is CC1(C)C=CC[C@@]1(C)C(=O)COC(=O)Cc1ccccc1. The lowest BCUT2D eigenvalue weighted by Crippen LogP contribution is -2.40. The molecule has 21 heavy (non-hydrogen) atoms. The number of ether oxygens (including phenoxy) is 1. The molecule has 1 aliphatic rings. The Hall–Kier alpha value is -1.90. The third-order valence-electron chi connectivity index (χ3n) is 4.65. The molecule has 2 rings (SSSR count). The normalized spacial score (nSPS) is 23.0. The van der Waals surface area contributed by atoms with E-state index in [0.717, 1.165) is 5.56 Å². The first kappa shape index (κ1) is 15.5. The van der Waals surface area contributed by atoms with Gasteiger partial charge in [0.05, 0.1) is 6.42 Å². The van der Waals surface area contributed by atoms with E-state index >= 15 is 0 Å². The molecule has 0 saturated carbocycles. The van der Waals surface area contributed by atoms with Crippen molar-refractivity contribution in [3.63, 3.8) is 0 Å². The molecule has 1 aliphatic carbocycles. The van der Waals surface area contributed by atoms with Crippen molar-refractivity contribution in [2.45, 2.75) is 33.6 Å². The maximum atomic E-state index is 12.4. The van der Waals surface area contributed by atoms with Gasteiger partial charge in [-0.3, -0.25) is 9.59 Å². The van der Waals surface area contributed by atoms with Gasteiger partial charge in [0.15, 0.2) is 12.4 Å². The molecule has 1 atom stereocenters. The monoisotopic (exact) mass is 286 g/mol. The summed E-state index contributed by atoms with van der Waals surface area (Å²) in [7, 11) is 0. The van der Waals surface area contributed by atoms with Crippen LogP contribution in [0, 0.1) is 10.8 Å². The number of Topliss-reactive ketones (excluding diaryl/α,β-unsaturated/α-hetero) is 1. The summed E-state index contributed by atoms with van der Waals surface area (Å²) in [5, 5.41) is 0. The minimum absolute atomic E-state index is 0.0149. The molecule has 0 aromatic heterocycles. The van der Waals surface area contributed by atoms with Crippen molar-refractivity contribution in [2.24, 2.45) is 10.8 Å². The Bertz CT molecular complexity index is 557. The average molecular weight is 286 g/mol. The molecule has 1 aromatic carbocycles. The molecule has 3 heteroatoms. The molecule has 0 radical (unpaired) electrons. The molecule has 0 unspecified atom stereocenters. The van der Waals surface area contributed by atoms with E-state index < -0.39 is 5.41 Å². The number of benzene rings is 1. The third kappa shape index (κ3) is 3.23. The van der Waals surface area contributed by atoms with Gasteiger partial charge in [0.2, 0.25) is 0 Å². The molecule has 112 valence electrons. The minimum atomic E-state index is -0.486. The summed E-state index contributed by atoms with van der Waals surface area (Å²) in [6.45, 7) is 5.88. The Morgan fingerprint density at radius 3 is 2.38 bits per heavy atom. The highest BCUT2D eigenvalue weighted by atomic mass is 16.5. The third-order valence-corrected chi connectivity index (χ3v) is 4.65. The van der Waals surface area contributed by atoms with Gasteiger partial charge in [-0.2, -0.15) is 0 Å². The molecular weight excluding hydrogens is 264 g/mol. The molecule has 0 bridgehead atoms. The minimum Gasteiger partial charge on any atom is -0.457 e. The highest BCUT2D eigenvalue weighted by molar-refractivity contribution is 5.89. The molecule has 3 nitrogen and oxygen atoms in total. The van der Waals surface area contributed by atoms with E-state index in [0.29, 0.717) is 6.42 Å². The highest BCUT2D eigenvalue weighted by Crippen LogP contribution is 2.48. The molecule has 0 amide bonds. The quantitative estimate of drug-likeness (QED) is 0.616. The number of hydrogen-bond acceptors (Lipinski definition) is 3. The summed E-state index contributed by atoms with van der Waals surface area (Å²) >= 11 is 0. The summed E-state index contributed by atoms with van der Waals surface area (Å²) in [4.78, 5) is 24.2. The maximum absolute atomic E-state index is 12.4. The summed E-state index contributed by atoms with van der Waals surface area (Å²) in [5.74, 6) is -0.374. The standard InChI is InChI=1S/C18H22O3/c1-17(2)10-7-11-18(17,3)15(19)13-21-16(20)12-14-8-5-4-6-9-14/h4-10H,11-13H2,1-3H3/t18-/m0/s1. The van der Waals surface area contributed by atoms with E-state index in [-0.39, 0.29) is 30.2 Å². The first-order valence-electron chi connectivity index (χ1n) is 7.26. The molecule has 0 N–H and O–H groups in total. The molecule has 0 heterocycles. The molecule has 0 saturated heterocycles. The predicted molar refractivity (Wildman–Crippen MR) is 81.8 cm³/mol. The van der Waals surface area contributed by atoms with Crippen molar-refractivity contribution in [3.8, 4) is 0 Å². The second-order valence-electron chi connectivity index (χ2n) is 6.41. The second kappa shape index (κ2) is 5.84. The van der Waals surface area contributed by atoms with E-state index in [2.05, 4.69) is 6.08 Å². The summed E-state index contributed by atoms with van der Waals surface area (Å²) < 4.78 is 5.16. The Morgan fingerprint density at radius 1 is 1.14 bits per heavy atom. The number of ketones is 1. The smallest absolute Gasteiger partial charge is 0.310 e. The van der Waals surface area contributed by atoms with Crippen LogP contribution in [0.4, 0.5) is 0 Å². The fraction of sp³-hybridized carbons (Fsp3) is 0.444. The Kier molecular flexibility index (Phi) is 4.31. The van der Waals surface area contributed by atoms with Gasteiger partial charge in [0.25, 0.3) is 0 Å². The van der Waals surface area contributed by atoms with E-state index in [1.807, 2.05) is 57.2 Å². The largest absolute Gasteiger partial charge is 0.457 e. The molecular formula is C18H22O3. The first-order valence-corrected chi connectivity index (χ1v) is 7.26. The number of carbonyl (C=O) groups excluding carboxylic acids is 2. The lowest BCUT2D eigenvalue weighted by molar-refractivity contribution is -0.151. The number of esters is 1. The Labute approximate surface area is 126 Å². The van der Waals surface area contributed by atoms with Gasteiger partial charge in [0, 0.05) is 5.41 Å². The van der Waals surface area contributed by atoms with E-state index in [9.17, 15) is 9.59 Å². The second-order valence-corrected chi connectivity index (χ2v) is 6.41. The zero-order valence-corrected chi connectivity index (χ0v) is 12.9. The first-order chi connectivity index (χ1) is 9.85. The summed E-state index contributed by atoms with van der Waals surface area (Å²) in [5.41, 5.74) is 0.208. The number of hydrogen-bond donors (Lipinski definition) is 0. The van der Waals surface area contributed by atoms with Crippen molar-refractivity contribution in [1.82, 2.24) is 0 Å². The average Bonchev–Trinajstić information content (AvgIpc) is 2.72. The highest BCUT2D eigenvalue weighted by Gasteiger charge is 2.47. The van der Waals surface area contributed by atoms with Crippen LogP contribution >= 0.6 is 0 Å². The van der Waals surface area contributed by atoms with Crippen LogP contribution in [0.3, 0.4) is 0 Å². The maximum Gasteiger partial charge on any atom is 0.310 e. The lowest BCUT2D eigenvalue weighted by Gasteiger charge is -2.36. The van der Waals surface area contributed by atoms with Crippen LogP contribution in [-0.4, -0.2) is 18.4 Å². The van der Waals surface area contributed by atoms with Crippen LogP contribution in [0.1, 0.15) is 32.8 Å². The lowest BCUT2D eigenvalue weighted by atomic mass is 9.66. The van der Waals surface area contributed by atoms with Crippen LogP contribution < -0.4 is 0 Å². The molecule has 0 fully saturated rings. The van der Waals surface area contributed by atoms with E-state index in [1.54, 1.807) is 0 Å². The van der Waals surface area contributed by atoms with Crippen LogP contribution in [0.25, 0.3) is 0 Å². The number of carbonyl (C=O) groups is 2. The van der Waals surface area contributed by atoms with Crippen LogP contribution in [-0.2, 0) is 20.7 Å². The molecule has 0 spiro atoms. The van der Waals surface area contributed by atoms with Gasteiger partial charge in [-0.15, -0.1) is 0 Å². The number of rotatable bonds is 5. The summed E-state index contributed by atoms with van der Waals surface area (Å²) in [6.07, 6.45) is 5.00. The predicted octanol–water partition coefficient (Wildman–Crippen LogP) is 3.33. The molecule has 1 aromatic rings. The number of allylic oxidation sites excluding steroid dienone is 2. The van der Waals surface area contributed by atoms with Crippen LogP contribution in [0.15, 0.2) is 42.5 Å². The zero-order chi connectivity index (χ0) is 15.5. The molecule has 0 aliphatic heterocycles. The van der Waals surface area contributed by atoms with Crippen LogP contribution in [0.2, 0.25) is 0 Å². The van der Waals surface area contributed by atoms with Gasteiger partial charge < -0.3 is 4.74 Å². The Balaban J connectivity index is 1.89. The summed E-state index contributed by atoms with van der Waals surface area (Å²) in [6, 6.07) is 9.39. The van der Waals surface area contributed by atoms with E-state index in [4.69, 9.17) is 4.74 Å². The van der Waals surface area contributed by atoms with Gasteiger partial charge in [-0.1, -0.05) is 63.3 Å². The van der Waals surface area contributed by atoms with Gasteiger partial charge in [-0.05, 0) is 17.4 Å². The van der Waals surface area contributed by atoms with Gasteiger partial charge in [0.1, 0.15) is 0 Å². The zero-order valence-electron chi connectivity index (χ0n) is 12.9. The van der Waals surface area contributed by atoms with Crippen molar-refractivity contribution >= 4 is 11.8 Å². The topological polar surface area (TPSA) is 43.4 Å². The van der Waals surface area contributed by atoms with Gasteiger partial charge >= 0.3 is 5.97 Å². The van der Waals surface area contributed by atoms with E-state index in [1.165, 1.54) is 0 Å². The van der Waals surface area contributed by atoms with Crippen LogP contribution in [0.5, 0.6) is 0 Å². The van der Waals surface area contributed by atoms with Gasteiger partial charge in [-0.25, -0.2) is 0 Å². The fourth-order valence-electron chi connectivity index (χ4n) is 2.63. The van der Waals surface area contributed by atoms with Crippen molar-refractivity contribution in [1.29, 1.82) is 0 Å². The van der Waals surface area contributed by atoms with Crippen molar-refractivity contribution in [3.05, 3.63) is 48.0 Å². The Morgan fingerprint density at radius 2 is 1.81 bits per heavy atom. The van der Waals surface area contributed by atoms with Crippen molar-refractivity contribution in [2.75, 3.05) is 6.61 Å².